The number of hydrogen-bond acceptors (Lipinski definition) is 1. The van der Waals surface area contributed by atoms with Crippen LogP contribution >= 0.6 is 0 Å². The molecule has 0 rings (SSSR count). The fourth-order valence-corrected chi connectivity index (χ4v) is 2.71. The van der Waals surface area contributed by atoms with Gasteiger partial charge in [-0.25, -0.2) is 4.39 Å². The second-order valence-electron chi connectivity index (χ2n) is 7.61. The van der Waals surface area contributed by atoms with Gasteiger partial charge in [0.1, 0.15) is 5.92 Å². The van der Waals surface area contributed by atoms with Gasteiger partial charge in [0.2, 0.25) is 0 Å². The summed E-state index contributed by atoms with van der Waals surface area (Å²) in [7, 11) is 0. The number of halogens is 13. The monoisotopic (exact) mass is 530 g/mol. The molecule has 0 bridgehead atoms. The molecule has 0 aliphatic heterocycles. The first kappa shape index (κ1) is 32.3. The largest absolute Gasteiger partial charge is 0.481 e. The van der Waals surface area contributed by atoms with E-state index in [0.29, 0.717) is 18.9 Å². The molecule has 34 heavy (non-hydrogen) atoms. The highest BCUT2D eigenvalue weighted by molar-refractivity contribution is 5.73. The Labute approximate surface area is 186 Å². The first-order chi connectivity index (χ1) is 15.1. The van der Waals surface area contributed by atoms with E-state index in [2.05, 4.69) is 0 Å². The molecule has 1 N–H and O–H groups in total. The van der Waals surface area contributed by atoms with Crippen LogP contribution in [0.15, 0.2) is 12.2 Å². The Hall–Kier alpha value is -1.70. The van der Waals surface area contributed by atoms with Gasteiger partial charge in [0.05, 0.1) is 0 Å². The number of carboxylic acid groups (broad SMARTS) is 1. The molecule has 0 saturated carbocycles. The first-order valence-corrected chi connectivity index (χ1v) is 9.89. The molecule has 0 saturated heterocycles. The van der Waals surface area contributed by atoms with E-state index in [0.717, 1.165) is 12.8 Å². The molecule has 0 aromatic heterocycles. The maximum Gasteiger partial charge on any atom is 0.384 e. The molecular weight excluding hydrogens is 507 g/mol. The van der Waals surface area contributed by atoms with Gasteiger partial charge < -0.3 is 5.11 Å². The Morgan fingerprint density at radius 1 is 0.735 bits per heavy atom. The molecular formula is C19H23F13O2. The van der Waals surface area contributed by atoms with Crippen molar-refractivity contribution in [1.82, 2.24) is 0 Å². The molecule has 2 nitrogen and oxygen atoms in total. The smallest absolute Gasteiger partial charge is 0.384 e. The van der Waals surface area contributed by atoms with Crippen molar-refractivity contribution in [3.63, 3.8) is 0 Å². The van der Waals surface area contributed by atoms with Crippen molar-refractivity contribution in [3.05, 3.63) is 12.2 Å². The number of allylic oxidation sites excluding steroid dienone is 1. The van der Waals surface area contributed by atoms with Crippen LogP contribution < -0.4 is 0 Å². The first-order valence-electron chi connectivity index (χ1n) is 9.89. The predicted molar refractivity (Wildman–Crippen MR) is 93.9 cm³/mol. The lowest BCUT2D eigenvalue weighted by Crippen LogP contribution is -2.72. The van der Waals surface area contributed by atoms with Gasteiger partial charge >= 0.3 is 41.5 Å². The zero-order chi connectivity index (χ0) is 27.4. The summed E-state index contributed by atoms with van der Waals surface area (Å²) in [5.41, 5.74) is 0. The highest BCUT2D eigenvalue weighted by Gasteiger charge is 2.91. The molecule has 0 heterocycles. The number of hydrogen-bond donors (Lipinski definition) is 1. The zero-order valence-corrected chi connectivity index (χ0v) is 17.8. The van der Waals surface area contributed by atoms with Gasteiger partial charge in [-0.3, -0.25) is 4.79 Å². The lowest BCUT2D eigenvalue weighted by atomic mass is 9.85. The second-order valence-corrected chi connectivity index (χ2v) is 7.61. The summed E-state index contributed by atoms with van der Waals surface area (Å²) < 4.78 is 177. The van der Waals surface area contributed by atoms with E-state index in [9.17, 15) is 61.9 Å². The van der Waals surface area contributed by atoms with E-state index in [1.807, 2.05) is 6.92 Å². The third-order valence-corrected chi connectivity index (χ3v) is 4.98. The van der Waals surface area contributed by atoms with E-state index >= 15 is 0 Å². The molecule has 0 amide bonds. The normalized spacial score (nSPS) is 16.7. The summed E-state index contributed by atoms with van der Waals surface area (Å²) in [6, 6.07) is 0. The lowest BCUT2D eigenvalue weighted by Gasteiger charge is -2.42. The summed E-state index contributed by atoms with van der Waals surface area (Å²) in [6.45, 7) is 1.37. The third kappa shape index (κ3) is 5.58. The van der Waals surface area contributed by atoms with Crippen LogP contribution in [0.25, 0.3) is 0 Å². The van der Waals surface area contributed by atoms with E-state index in [1.54, 1.807) is 0 Å². The Balaban J connectivity index is 6.18. The Bertz CT molecular complexity index is 702. The van der Waals surface area contributed by atoms with Gasteiger partial charge in [0, 0.05) is 0 Å². The Morgan fingerprint density at radius 2 is 1.15 bits per heavy atom. The number of rotatable bonds is 15. The number of carboxylic acids is 1. The van der Waals surface area contributed by atoms with Crippen LogP contribution in [0.2, 0.25) is 0 Å². The van der Waals surface area contributed by atoms with Crippen LogP contribution in [0.5, 0.6) is 0 Å². The zero-order valence-electron chi connectivity index (χ0n) is 17.8. The summed E-state index contributed by atoms with van der Waals surface area (Å²) in [4.78, 5) is 11.0. The van der Waals surface area contributed by atoms with Crippen molar-refractivity contribution >= 4 is 5.97 Å². The van der Waals surface area contributed by atoms with Crippen LogP contribution in [0, 0.1) is 5.92 Å². The summed E-state index contributed by atoms with van der Waals surface area (Å²) >= 11 is 0. The molecule has 0 aromatic carbocycles. The van der Waals surface area contributed by atoms with Crippen molar-refractivity contribution < 1.29 is 67.0 Å². The third-order valence-electron chi connectivity index (χ3n) is 4.98. The molecule has 0 aromatic rings. The standard InChI is InChI=1S/C19H23F13O2/c1-3-4-5-6-7-8-9-10-12(13(33)34)15(23,24)17(27,28)19(31,32)18(29,30)16(25,26)14(21,22)11(2)20/h9-12H,3-8H2,1-2H3,(H,33,34). The molecule has 0 fully saturated rings. The van der Waals surface area contributed by atoms with Gasteiger partial charge in [-0.2, -0.15) is 52.7 Å². The van der Waals surface area contributed by atoms with Gasteiger partial charge in [-0.05, 0) is 19.8 Å². The minimum absolute atomic E-state index is 0.208. The quantitative estimate of drug-likeness (QED) is 0.133. The van der Waals surface area contributed by atoms with Gasteiger partial charge in [0.15, 0.2) is 6.17 Å². The average molecular weight is 530 g/mol. The van der Waals surface area contributed by atoms with Gasteiger partial charge in [-0.15, -0.1) is 0 Å². The van der Waals surface area contributed by atoms with Crippen LogP contribution in [0.4, 0.5) is 57.1 Å². The molecule has 0 aliphatic carbocycles. The maximum atomic E-state index is 14.2. The Morgan fingerprint density at radius 3 is 1.53 bits per heavy atom. The van der Waals surface area contributed by atoms with Crippen molar-refractivity contribution in [2.45, 2.75) is 94.1 Å². The highest BCUT2D eigenvalue weighted by Crippen LogP contribution is 2.61. The fraction of sp³-hybridized carbons (Fsp3) is 0.842. The highest BCUT2D eigenvalue weighted by atomic mass is 19.4. The summed E-state index contributed by atoms with van der Waals surface area (Å²) in [5.74, 6) is -51.3. The molecule has 15 heteroatoms. The summed E-state index contributed by atoms with van der Waals surface area (Å²) in [5, 5.41) is 8.76. The van der Waals surface area contributed by atoms with E-state index < -0.39 is 60.5 Å². The molecule has 0 spiro atoms. The maximum absolute atomic E-state index is 14.2. The van der Waals surface area contributed by atoms with Crippen LogP contribution in [-0.4, -0.2) is 52.8 Å². The molecule has 2 atom stereocenters. The number of alkyl halides is 13. The lowest BCUT2D eigenvalue weighted by molar-refractivity contribution is -0.430. The number of carbonyl (C=O) groups is 1. The molecule has 202 valence electrons. The van der Waals surface area contributed by atoms with E-state index in [-0.39, 0.29) is 18.9 Å². The van der Waals surface area contributed by atoms with Crippen LogP contribution in [0.3, 0.4) is 0 Å². The fourth-order valence-electron chi connectivity index (χ4n) is 2.71. The van der Waals surface area contributed by atoms with Gasteiger partial charge in [-0.1, -0.05) is 44.8 Å². The second kappa shape index (κ2) is 10.9. The SMILES string of the molecule is CCCCCCCC=CC(C(=O)O)C(F)(F)C(F)(F)C(F)(F)C(F)(F)C(F)(F)C(F)(F)C(C)F. The minimum Gasteiger partial charge on any atom is -0.481 e. The summed E-state index contributed by atoms with van der Waals surface area (Å²) in [6.07, 6.45) is -1.17. The van der Waals surface area contributed by atoms with Crippen LogP contribution in [-0.2, 0) is 4.79 Å². The molecule has 2 unspecified atom stereocenters. The predicted octanol–water partition coefficient (Wildman–Crippen LogP) is 7.77. The number of aliphatic carboxylic acids is 1. The molecule has 0 radical (unpaired) electrons. The van der Waals surface area contributed by atoms with E-state index in [1.165, 1.54) is 0 Å². The average Bonchev–Trinajstić information content (AvgIpc) is 2.68. The topological polar surface area (TPSA) is 37.3 Å². The van der Waals surface area contributed by atoms with Crippen molar-refractivity contribution in [2.24, 2.45) is 5.92 Å². The van der Waals surface area contributed by atoms with Gasteiger partial charge in [0.25, 0.3) is 0 Å². The molecule has 0 aliphatic rings. The Kier molecular flexibility index (Phi) is 10.4. The van der Waals surface area contributed by atoms with E-state index in [4.69, 9.17) is 5.11 Å². The van der Waals surface area contributed by atoms with Crippen molar-refractivity contribution in [3.8, 4) is 0 Å². The van der Waals surface area contributed by atoms with Crippen molar-refractivity contribution in [2.75, 3.05) is 0 Å². The number of unbranched alkanes of at least 4 members (excludes halogenated alkanes) is 5. The van der Waals surface area contributed by atoms with Crippen LogP contribution in [0.1, 0.15) is 52.4 Å². The van der Waals surface area contributed by atoms with Crippen molar-refractivity contribution in [1.29, 1.82) is 0 Å². The minimum atomic E-state index is -7.95.